The number of halogens is 1. The molecule has 4 aromatic rings. The van der Waals surface area contributed by atoms with Gasteiger partial charge in [-0.2, -0.15) is 4.98 Å². The van der Waals surface area contributed by atoms with Gasteiger partial charge >= 0.3 is 0 Å². The van der Waals surface area contributed by atoms with Crippen molar-refractivity contribution in [1.82, 2.24) is 14.6 Å². The molecule has 2 amide bonds. The number of anilines is 2. The smallest absolute Gasteiger partial charge is 0.258 e. The van der Waals surface area contributed by atoms with Gasteiger partial charge in [-0.25, -0.2) is 8.91 Å². The van der Waals surface area contributed by atoms with Crippen molar-refractivity contribution in [2.24, 2.45) is 0 Å². The highest BCUT2D eigenvalue weighted by atomic mass is 32.1. The van der Waals surface area contributed by atoms with E-state index in [0.717, 1.165) is 22.5 Å². The average Bonchev–Trinajstić information content (AvgIpc) is 3.34. The number of amides is 2. The Kier molecular flexibility index (Phi) is 3.69. The summed E-state index contributed by atoms with van der Waals surface area (Å²) >= 11 is 1.37. The van der Waals surface area contributed by atoms with E-state index in [4.69, 9.17) is 0 Å². The van der Waals surface area contributed by atoms with Crippen LogP contribution in [0.1, 0.15) is 15.9 Å². The van der Waals surface area contributed by atoms with Crippen LogP contribution in [0.3, 0.4) is 0 Å². The second-order valence-electron chi connectivity index (χ2n) is 6.31. The first-order valence-corrected chi connectivity index (χ1v) is 9.29. The minimum absolute atomic E-state index is 0.0862. The molecule has 2 aromatic heterocycles. The fourth-order valence-electron chi connectivity index (χ4n) is 3.10. The molecule has 5 rings (SSSR count). The van der Waals surface area contributed by atoms with Gasteiger partial charge in [-0.05, 0) is 48.0 Å². The Morgan fingerprint density at radius 2 is 2.04 bits per heavy atom. The first kappa shape index (κ1) is 16.6. The maximum atomic E-state index is 13.2. The first-order chi connectivity index (χ1) is 13.6. The van der Waals surface area contributed by atoms with Crippen molar-refractivity contribution in [3.8, 4) is 11.3 Å². The number of carbonyl (C=O) groups excluding carboxylic acids is 2. The SMILES string of the molecule is O=C1Cc2cc(C(=O)Nc3nc4scc(-c5ccc(F)cc5)n4n3)ccc2N1. The number of rotatable bonds is 3. The topological polar surface area (TPSA) is 88.4 Å². The molecule has 1 aliphatic rings. The molecule has 3 heterocycles. The van der Waals surface area contributed by atoms with E-state index in [1.165, 1.54) is 23.5 Å². The molecule has 138 valence electrons. The Labute approximate surface area is 161 Å². The summed E-state index contributed by atoms with van der Waals surface area (Å²) in [5, 5.41) is 11.6. The number of fused-ring (bicyclic) bond motifs is 2. The van der Waals surface area contributed by atoms with Gasteiger partial charge in [-0.1, -0.05) is 0 Å². The summed E-state index contributed by atoms with van der Waals surface area (Å²) in [5.41, 5.74) is 3.50. The molecule has 7 nitrogen and oxygen atoms in total. The van der Waals surface area contributed by atoms with Crippen LogP contribution < -0.4 is 10.6 Å². The Bertz CT molecular complexity index is 1250. The van der Waals surface area contributed by atoms with Crippen molar-refractivity contribution in [3.05, 3.63) is 64.8 Å². The van der Waals surface area contributed by atoms with Crippen LogP contribution in [0.15, 0.2) is 47.8 Å². The molecule has 0 fully saturated rings. The third-order valence-corrected chi connectivity index (χ3v) is 5.26. The summed E-state index contributed by atoms with van der Waals surface area (Å²) in [6, 6.07) is 11.1. The summed E-state index contributed by atoms with van der Waals surface area (Å²) in [5.74, 6) is -0.580. The Morgan fingerprint density at radius 3 is 2.86 bits per heavy atom. The first-order valence-electron chi connectivity index (χ1n) is 8.41. The molecule has 2 aromatic carbocycles. The predicted octanol–water partition coefficient (Wildman–Crippen LogP) is 3.34. The highest BCUT2D eigenvalue weighted by molar-refractivity contribution is 7.15. The van der Waals surface area contributed by atoms with E-state index in [0.29, 0.717) is 10.5 Å². The fraction of sp³-hybridized carbons (Fsp3) is 0.0526. The lowest BCUT2D eigenvalue weighted by atomic mass is 10.1. The van der Waals surface area contributed by atoms with Crippen molar-refractivity contribution in [2.75, 3.05) is 10.6 Å². The van der Waals surface area contributed by atoms with E-state index in [-0.39, 0.29) is 30.0 Å². The second kappa shape index (κ2) is 6.24. The van der Waals surface area contributed by atoms with Gasteiger partial charge in [0.2, 0.25) is 10.9 Å². The zero-order valence-corrected chi connectivity index (χ0v) is 15.1. The highest BCUT2D eigenvalue weighted by Crippen LogP contribution is 2.27. The van der Waals surface area contributed by atoms with Crippen molar-refractivity contribution < 1.29 is 14.0 Å². The van der Waals surface area contributed by atoms with Crippen LogP contribution in [-0.4, -0.2) is 26.4 Å². The minimum Gasteiger partial charge on any atom is -0.326 e. The van der Waals surface area contributed by atoms with Crippen molar-refractivity contribution in [3.63, 3.8) is 0 Å². The molecule has 28 heavy (non-hydrogen) atoms. The average molecular weight is 393 g/mol. The number of benzene rings is 2. The molecular weight excluding hydrogens is 381 g/mol. The third-order valence-electron chi connectivity index (χ3n) is 4.44. The van der Waals surface area contributed by atoms with Crippen molar-refractivity contribution >= 4 is 39.7 Å². The van der Waals surface area contributed by atoms with E-state index >= 15 is 0 Å². The standard InChI is InChI=1S/C19H12FN5O2S/c20-13-4-1-10(2-5-13)15-9-28-19-23-18(24-25(15)19)22-17(27)11-3-6-14-12(7-11)8-16(26)21-14/h1-7,9H,8H2,(H,21,26)(H,22,24,27). The number of nitrogens with zero attached hydrogens (tertiary/aromatic N) is 3. The van der Waals surface area contributed by atoms with Crippen LogP contribution in [-0.2, 0) is 11.2 Å². The van der Waals surface area contributed by atoms with Gasteiger partial charge in [-0.3, -0.25) is 14.9 Å². The number of hydrogen-bond acceptors (Lipinski definition) is 5. The molecule has 0 saturated carbocycles. The van der Waals surface area contributed by atoms with E-state index in [1.807, 2.05) is 5.38 Å². The maximum absolute atomic E-state index is 13.2. The van der Waals surface area contributed by atoms with Crippen LogP contribution in [0.4, 0.5) is 16.0 Å². The highest BCUT2D eigenvalue weighted by Gasteiger charge is 2.20. The second-order valence-corrected chi connectivity index (χ2v) is 7.15. The van der Waals surface area contributed by atoms with E-state index in [2.05, 4.69) is 20.7 Å². The molecule has 1 aliphatic heterocycles. The zero-order chi connectivity index (χ0) is 19.3. The van der Waals surface area contributed by atoms with Crippen LogP contribution in [0.25, 0.3) is 16.2 Å². The normalized spacial score (nSPS) is 12.8. The Balaban J connectivity index is 1.41. The number of nitrogens with one attached hydrogen (secondary N) is 2. The Hall–Kier alpha value is -3.59. The lowest BCUT2D eigenvalue weighted by Gasteiger charge is -2.03. The van der Waals surface area contributed by atoms with Gasteiger partial charge in [0.1, 0.15) is 5.82 Å². The monoisotopic (exact) mass is 393 g/mol. The zero-order valence-electron chi connectivity index (χ0n) is 14.3. The summed E-state index contributed by atoms with van der Waals surface area (Å²) < 4.78 is 14.8. The maximum Gasteiger partial charge on any atom is 0.258 e. The van der Waals surface area contributed by atoms with Gasteiger partial charge in [0.15, 0.2) is 0 Å². The van der Waals surface area contributed by atoms with Crippen molar-refractivity contribution in [2.45, 2.75) is 6.42 Å². The third kappa shape index (κ3) is 2.81. The number of thiazole rings is 1. The lowest BCUT2D eigenvalue weighted by molar-refractivity contribution is -0.115. The van der Waals surface area contributed by atoms with Crippen LogP contribution in [0.5, 0.6) is 0 Å². The molecule has 0 bridgehead atoms. The van der Waals surface area contributed by atoms with Crippen molar-refractivity contribution in [1.29, 1.82) is 0 Å². The summed E-state index contributed by atoms with van der Waals surface area (Å²) in [6.45, 7) is 0. The molecule has 0 atom stereocenters. The molecule has 0 radical (unpaired) electrons. The van der Waals surface area contributed by atoms with Gasteiger partial charge in [0.25, 0.3) is 11.9 Å². The number of hydrogen-bond donors (Lipinski definition) is 2. The van der Waals surface area contributed by atoms with Crippen LogP contribution >= 0.6 is 11.3 Å². The summed E-state index contributed by atoms with van der Waals surface area (Å²) in [7, 11) is 0. The Morgan fingerprint density at radius 1 is 1.21 bits per heavy atom. The fourth-order valence-corrected chi connectivity index (χ4v) is 3.93. The molecule has 0 saturated heterocycles. The van der Waals surface area contributed by atoms with Gasteiger partial charge in [0, 0.05) is 22.2 Å². The number of carbonyl (C=O) groups is 2. The molecular formula is C19H12FN5O2S. The minimum atomic E-state index is -0.358. The van der Waals surface area contributed by atoms with Crippen LogP contribution in [0.2, 0.25) is 0 Å². The molecule has 0 spiro atoms. The molecule has 2 N–H and O–H groups in total. The van der Waals surface area contributed by atoms with E-state index in [9.17, 15) is 14.0 Å². The summed E-state index contributed by atoms with van der Waals surface area (Å²) in [4.78, 5) is 28.9. The summed E-state index contributed by atoms with van der Waals surface area (Å²) in [6.07, 6.45) is 0.260. The number of aromatic nitrogens is 3. The molecule has 9 heteroatoms. The quantitative estimate of drug-likeness (QED) is 0.559. The lowest BCUT2D eigenvalue weighted by Crippen LogP contribution is -2.13. The molecule has 0 aliphatic carbocycles. The van der Waals surface area contributed by atoms with Crippen LogP contribution in [0, 0.1) is 5.82 Å². The van der Waals surface area contributed by atoms with Gasteiger partial charge in [-0.15, -0.1) is 16.4 Å². The van der Waals surface area contributed by atoms with E-state index < -0.39 is 0 Å². The van der Waals surface area contributed by atoms with E-state index in [1.54, 1.807) is 34.8 Å². The predicted molar refractivity (Wildman–Crippen MR) is 103 cm³/mol. The van der Waals surface area contributed by atoms with Gasteiger partial charge in [0.05, 0.1) is 12.1 Å². The largest absolute Gasteiger partial charge is 0.326 e. The molecule has 0 unspecified atom stereocenters. The van der Waals surface area contributed by atoms with Gasteiger partial charge < -0.3 is 5.32 Å².